The van der Waals surface area contributed by atoms with Crippen LogP contribution < -0.4 is 5.32 Å². The van der Waals surface area contributed by atoms with Crippen LogP contribution in [0.2, 0.25) is 0 Å². The second-order valence-electron chi connectivity index (χ2n) is 2.15. The Balaban J connectivity index is 4.03. The normalized spacial score (nSPS) is 11.0. The van der Waals surface area contributed by atoms with Crippen LogP contribution in [-0.4, -0.2) is 20.1 Å². The Morgan fingerprint density at radius 3 is 2.64 bits per heavy atom. The second kappa shape index (κ2) is 5.77. The molecule has 0 aromatic rings. The average molecular weight is 157 g/mol. The van der Waals surface area contributed by atoms with Crippen LogP contribution in [0.5, 0.6) is 0 Å². The molecule has 0 amide bonds. The first-order chi connectivity index (χ1) is 5.26. The molecule has 3 heteroatoms. The van der Waals surface area contributed by atoms with Crippen LogP contribution in [0.3, 0.4) is 0 Å². The Morgan fingerprint density at radius 2 is 2.27 bits per heavy atom. The van der Waals surface area contributed by atoms with Gasteiger partial charge in [0.25, 0.3) is 0 Å². The van der Waals surface area contributed by atoms with E-state index in [-0.39, 0.29) is 5.97 Å². The van der Waals surface area contributed by atoms with Gasteiger partial charge in [0.1, 0.15) is 5.70 Å². The van der Waals surface area contributed by atoms with Crippen molar-refractivity contribution in [1.82, 2.24) is 5.32 Å². The number of ether oxygens (including phenoxy) is 1. The molecule has 64 valence electrons. The zero-order valence-corrected chi connectivity index (χ0v) is 7.31. The Bertz CT molecular complexity index is 152. The summed E-state index contributed by atoms with van der Waals surface area (Å²) in [6.45, 7) is 2.06. The number of hydrogen-bond acceptors (Lipinski definition) is 3. The lowest BCUT2D eigenvalue weighted by molar-refractivity contribution is -0.136. The molecule has 0 aliphatic carbocycles. The number of rotatable bonds is 4. The van der Waals surface area contributed by atoms with E-state index in [9.17, 15) is 4.79 Å². The van der Waals surface area contributed by atoms with Gasteiger partial charge in [-0.3, -0.25) is 0 Å². The third-order valence-corrected chi connectivity index (χ3v) is 1.31. The first-order valence-electron chi connectivity index (χ1n) is 3.72. The zero-order valence-electron chi connectivity index (χ0n) is 7.31. The molecule has 0 aromatic heterocycles. The molecule has 0 saturated carbocycles. The van der Waals surface area contributed by atoms with E-state index in [1.807, 2.05) is 6.08 Å². The van der Waals surface area contributed by atoms with E-state index in [0.29, 0.717) is 5.70 Å². The maximum atomic E-state index is 10.9. The van der Waals surface area contributed by atoms with Crippen molar-refractivity contribution in [3.05, 3.63) is 11.8 Å². The van der Waals surface area contributed by atoms with Crippen molar-refractivity contribution in [2.75, 3.05) is 14.2 Å². The fraction of sp³-hybridized carbons (Fsp3) is 0.625. The maximum absolute atomic E-state index is 10.9. The molecule has 0 saturated heterocycles. The predicted octanol–water partition coefficient (Wildman–Crippen LogP) is 1.06. The van der Waals surface area contributed by atoms with E-state index in [0.717, 1.165) is 12.8 Å². The van der Waals surface area contributed by atoms with E-state index in [2.05, 4.69) is 17.0 Å². The molecule has 11 heavy (non-hydrogen) atoms. The highest BCUT2D eigenvalue weighted by atomic mass is 16.5. The van der Waals surface area contributed by atoms with Crippen LogP contribution in [0.15, 0.2) is 11.8 Å². The molecule has 3 nitrogen and oxygen atoms in total. The molecule has 0 spiro atoms. The van der Waals surface area contributed by atoms with Gasteiger partial charge in [0, 0.05) is 7.05 Å². The van der Waals surface area contributed by atoms with Crippen LogP contribution in [0.25, 0.3) is 0 Å². The van der Waals surface area contributed by atoms with Crippen molar-refractivity contribution in [3.63, 3.8) is 0 Å². The monoisotopic (exact) mass is 157 g/mol. The Kier molecular flexibility index (Phi) is 5.25. The fourth-order valence-electron chi connectivity index (χ4n) is 0.686. The molecule has 0 bridgehead atoms. The van der Waals surface area contributed by atoms with Gasteiger partial charge in [-0.1, -0.05) is 19.4 Å². The number of unbranched alkanes of at least 4 members (excludes halogenated alkanes) is 1. The fourth-order valence-corrected chi connectivity index (χ4v) is 0.686. The van der Waals surface area contributed by atoms with Gasteiger partial charge in [-0.25, -0.2) is 4.79 Å². The van der Waals surface area contributed by atoms with Gasteiger partial charge in [0.05, 0.1) is 7.11 Å². The number of likely N-dealkylation sites (N-methyl/N-ethyl adjacent to an activating group) is 1. The minimum Gasteiger partial charge on any atom is -0.464 e. The largest absolute Gasteiger partial charge is 0.464 e. The molecule has 0 aliphatic rings. The number of esters is 1. The van der Waals surface area contributed by atoms with Crippen LogP contribution in [-0.2, 0) is 9.53 Å². The first kappa shape index (κ1) is 10.0. The highest BCUT2D eigenvalue weighted by Crippen LogP contribution is 1.96. The summed E-state index contributed by atoms with van der Waals surface area (Å²) in [7, 11) is 3.08. The third-order valence-electron chi connectivity index (χ3n) is 1.31. The maximum Gasteiger partial charge on any atom is 0.353 e. The molecule has 1 N–H and O–H groups in total. The van der Waals surface area contributed by atoms with Crippen molar-refractivity contribution in [2.45, 2.75) is 19.8 Å². The Hall–Kier alpha value is -0.990. The van der Waals surface area contributed by atoms with E-state index in [1.54, 1.807) is 7.05 Å². The summed E-state index contributed by atoms with van der Waals surface area (Å²) in [6, 6.07) is 0. The van der Waals surface area contributed by atoms with Crippen LogP contribution in [0.1, 0.15) is 19.8 Å². The quantitative estimate of drug-likeness (QED) is 0.490. The number of allylic oxidation sites excluding steroid dienone is 1. The average Bonchev–Trinajstić information content (AvgIpc) is 2.05. The minimum atomic E-state index is -0.305. The summed E-state index contributed by atoms with van der Waals surface area (Å²) in [5, 5.41) is 2.77. The minimum absolute atomic E-state index is 0.305. The number of hydrogen-bond donors (Lipinski definition) is 1. The number of carbonyl (C=O) groups is 1. The van der Waals surface area contributed by atoms with E-state index in [1.165, 1.54) is 7.11 Å². The van der Waals surface area contributed by atoms with Crippen molar-refractivity contribution in [2.24, 2.45) is 0 Å². The lowest BCUT2D eigenvalue weighted by atomic mass is 10.3. The van der Waals surface area contributed by atoms with Crippen molar-refractivity contribution < 1.29 is 9.53 Å². The molecule has 0 rings (SSSR count). The topological polar surface area (TPSA) is 38.3 Å². The smallest absolute Gasteiger partial charge is 0.353 e. The van der Waals surface area contributed by atoms with Gasteiger partial charge >= 0.3 is 5.97 Å². The molecule has 0 fully saturated rings. The molecule has 0 unspecified atom stereocenters. The van der Waals surface area contributed by atoms with E-state index < -0.39 is 0 Å². The number of nitrogens with one attached hydrogen (secondary N) is 1. The van der Waals surface area contributed by atoms with Gasteiger partial charge in [-0.15, -0.1) is 0 Å². The second-order valence-corrected chi connectivity index (χ2v) is 2.15. The molecule has 0 atom stereocenters. The lowest BCUT2D eigenvalue weighted by Gasteiger charge is -2.02. The van der Waals surface area contributed by atoms with E-state index in [4.69, 9.17) is 0 Å². The van der Waals surface area contributed by atoms with Gasteiger partial charge < -0.3 is 10.1 Å². The van der Waals surface area contributed by atoms with Crippen LogP contribution in [0.4, 0.5) is 0 Å². The molecule has 0 aromatic carbocycles. The van der Waals surface area contributed by atoms with Crippen LogP contribution in [0, 0.1) is 0 Å². The standard InChI is InChI=1S/C8H15NO2/c1-4-5-6-7(9-2)8(10)11-3/h6,9H,4-5H2,1-3H3. The molecule has 0 aliphatic heterocycles. The summed E-state index contributed by atoms with van der Waals surface area (Å²) in [6.07, 6.45) is 3.76. The summed E-state index contributed by atoms with van der Waals surface area (Å²) in [5.74, 6) is -0.305. The zero-order chi connectivity index (χ0) is 8.69. The number of methoxy groups -OCH3 is 1. The SMILES string of the molecule is CCCC=C(NC)C(=O)OC. The Labute approximate surface area is 67.4 Å². The summed E-state index contributed by atoms with van der Waals surface area (Å²) < 4.78 is 4.53. The highest BCUT2D eigenvalue weighted by molar-refractivity contribution is 5.87. The van der Waals surface area contributed by atoms with Crippen molar-refractivity contribution in [3.8, 4) is 0 Å². The summed E-state index contributed by atoms with van der Waals surface area (Å²) in [5.41, 5.74) is 0.536. The highest BCUT2D eigenvalue weighted by Gasteiger charge is 2.04. The summed E-state index contributed by atoms with van der Waals surface area (Å²) in [4.78, 5) is 10.9. The molecule has 0 heterocycles. The third kappa shape index (κ3) is 3.65. The van der Waals surface area contributed by atoms with Crippen LogP contribution >= 0.6 is 0 Å². The molecular formula is C8H15NO2. The van der Waals surface area contributed by atoms with Gasteiger partial charge in [0.2, 0.25) is 0 Å². The first-order valence-corrected chi connectivity index (χ1v) is 3.72. The predicted molar refractivity (Wildman–Crippen MR) is 44.1 cm³/mol. The van der Waals surface area contributed by atoms with Gasteiger partial charge in [0.15, 0.2) is 0 Å². The Morgan fingerprint density at radius 1 is 1.64 bits per heavy atom. The van der Waals surface area contributed by atoms with Crippen molar-refractivity contribution >= 4 is 5.97 Å². The molecular weight excluding hydrogens is 142 g/mol. The van der Waals surface area contributed by atoms with Gasteiger partial charge in [-0.05, 0) is 6.42 Å². The van der Waals surface area contributed by atoms with E-state index >= 15 is 0 Å². The number of carbonyl (C=O) groups excluding carboxylic acids is 1. The summed E-state index contributed by atoms with van der Waals surface area (Å²) >= 11 is 0. The van der Waals surface area contributed by atoms with Gasteiger partial charge in [-0.2, -0.15) is 0 Å². The van der Waals surface area contributed by atoms with Crippen molar-refractivity contribution in [1.29, 1.82) is 0 Å². The molecule has 0 radical (unpaired) electrons. The lowest BCUT2D eigenvalue weighted by Crippen LogP contribution is -2.17.